The second kappa shape index (κ2) is 6.87. The first-order valence-electron chi connectivity index (χ1n) is 4.90. The fourth-order valence-corrected chi connectivity index (χ4v) is 1.66. The summed E-state index contributed by atoms with van der Waals surface area (Å²) in [4.78, 5) is 1.32. The van der Waals surface area contributed by atoms with Crippen molar-refractivity contribution in [1.29, 1.82) is 0 Å². The van der Waals surface area contributed by atoms with Gasteiger partial charge in [-0.2, -0.15) is 0 Å². The molecule has 2 nitrogen and oxygen atoms in total. The molecule has 0 heterocycles. The number of hydrogen-bond acceptors (Lipinski definition) is 3. The highest BCUT2D eigenvalue weighted by Crippen LogP contribution is 2.14. The van der Waals surface area contributed by atoms with Gasteiger partial charge in [0.05, 0.1) is 0 Å². The highest BCUT2D eigenvalue weighted by atomic mass is 32.2. The zero-order valence-corrected chi connectivity index (χ0v) is 9.44. The molecule has 3 N–H and O–H groups in total. The standard InChI is InChI=1S/C11H18N2S/c1-14-11-4-2-10(3-5-11)6-8-13-9-7-12/h2-5,13H,6-9,12H2,1H3. The van der Waals surface area contributed by atoms with Crippen molar-refractivity contribution in [3.05, 3.63) is 29.8 Å². The summed E-state index contributed by atoms with van der Waals surface area (Å²) in [5.74, 6) is 0. The third-order valence-electron chi connectivity index (χ3n) is 2.07. The molecule has 0 atom stereocenters. The second-order valence-corrected chi connectivity index (χ2v) is 4.02. The summed E-state index contributed by atoms with van der Waals surface area (Å²) in [5, 5.41) is 3.28. The van der Waals surface area contributed by atoms with Gasteiger partial charge in [-0.1, -0.05) is 12.1 Å². The van der Waals surface area contributed by atoms with Crippen LogP contribution in [0.4, 0.5) is 0 Å². The van der Waals surface area contributed by atoms with E-state index in [1.165, 1.54) is 10.5 Å². The Hall–Kier alpha value is -0.510. The topological polar surface area (TPSA) is 38.0 Å². The lowest BCUT2D eigenvalue weighted by Gasteiger charge is -2.03. The lowest BCUT2D eigenvalue weighted by atomic mass is 10.1. The summed E-state index contributed by atoms with van der Waals surface area (Å²) in [6.45, 7) is 2.63. The summed E-state index contributed by atoms with van der Waals surface area (Å²) in [6.07, 6.45) is 3.17. The molecule has 1 rings (SSSR count). The van der Waals surface area contributed by atoms with E-state index in [1.54, 1.807) is 11.8 Å². The van der Waals surface area contributed by atoms with Crippen LogP contribution < -0.4 is 11.1 Å². The highest BCUT2D eigenvalue weighted by Gasteiger charge is 1.93. The monoisotopic (exact) mass is 210 g/mol. The Morgan fingerprint density at radius 1 is 1.21 bits per heavy atom. The summed E-state index contributed by atoms with van der Waals surface area (Å²) in [7, 11) is 0. The Kier molecular flexibility index (Phi) is 5.68. The minimum atomic E-state index is 0.714. The molecule has 0 aliphatic carbocycles. The predicted octanol–water partition coefficient (Wildman–Crippen LogP) is 1.50. The van der Waals surface area contributed by atoms with Crippen molar-refractivity contribution in [3.8, 4) is 0 Å². The van der Waals surface area contributed by atoms with Crippen molar-refractivity contribution in [2.24, 2.45) is 5.73 Å². The molecule has 0 aliphatic heterocycles. The van der Waals surface area contributed by atoms with E-state index in [0.29, 0.717) is 6.54 Å². The van der Waals surface area contributed by atoms with Crippen LogP contribution in [0.5, 0.6) is 0 Å². The molecule has 0 fully saturated rings. The zero-order chi connectivity index (χ0) is 10.2. The molecule has 0 radical (unpaired) electrons. The Labute approximate surface area is 90.3 Å². The first kappa shape index (κ1) is 11.6. The number of hydrogen-bond donors (Lipinski definition) is 2. The predicted molar refractivity (Wildman–Crippen MR) is 63.9 cm³/mol. The normalized spacial score (nSPS) is 10.4. The highest BCUT2D eigenvalue weighted by molar-refractivity contribution is 7.98. The van der Waals surface area contributed by atoms with Crippen LogP contribution in [-0.4, -0.2) is 25.9 Å². The van der Waals surface area contributed by atoms with Crippen LogP contribution in [0, 0.1) is 0 Å². The first-order valence-corrected chi connectivity index (χ1v) is 6.13. The molecule has 78 valence electrons. The summed E-state index contributed by atoms with van der Waals surface area (Å²) in [6, 6.07) is 8.72. The van der Waals surface area contributed by atoms with E-state index in [9.17, 15) is 0 Å². The summed E-state index contributed by atoms with van der Waals surface area (Å²) < 4.78 is 0. The molecule has 0 saturated carbocycles. The van der Waals surface area contributed by atoms with Gasteiger partial charge in [0, 0.05) is 18.0 Å². The third kappa shape index (κ3) is 4.13. The lowest BCUT2D eigenvalue weighted by Crippen LogP contribution is -2.24. The van der Waals surface area contributed by atoms with Gasteiger partial charge >= 0.3 is 0 Å². The van der Waals surface area contributed by atoms with Gasteiger partial charge < -0.3 is 11.1 Å². The smallest absolute Gasteiger partial charge is 0.00746 e. The van der Waals surface area contributed by atoms with Gasteiger partial charge in [-0.25, -0.2) is 0 Å². The third-order valence-corrected chi connectivity index (χ3v) is 2.81. The average Bonchev–Trinajstić information content (AvgIpc) is 2.25. The van der Waals surface area contributed by atoms with Gasteiger partial charge in [0.2, 0.25) is 0 Å². The fraction of sp³-hybridized carbons (Fsp3) is 0.455. The molecule has 0 spiro atoms. The SMILES string of the molecule is CSc1ccc(CCNCCN)cc1. The van der Waals surface area contributed by atoms with Crippen LogP contribution in [0.25, 0.3) is 0 Å². The summed E-state index contributed by atoms with van der Waals surface area (Å²) >= 11 is 1.78. The lowest BCUT2D eigenvalue weighted by molar-refractivity contribution is 0.689. The van der Waals surface area contributed by atoms with Crippen molar-refractivity contribution >= 4 is 11.8 Å². The Morgan fingerprint density at radius 2 is 1.93 bits per heavy atom. The van der Waals surface area contributed by atoms with Crippen LogP contribution in [-0.2, 0) is 6.42 Å². The molecule has 0 amide bonds. The Morgan fingerprint density at radius 3 is 2.50 bits per heavy atom. The zero-order valence-electron chi connectivity index (χ0n) is 8.62. The number of thioether (sulfide) groups is 1. The van der Waals surface area contributed by atoms with Gasteiger partial charge in [0.25, 0.3) is 0 Å². The number of benzene rings is 1. The van der Waals surface area contributed by atoms with E-state index < -0.39 is 0 Å². The van der Waals surface area contributed by atoms with E-state index in [4.69, 9.17) is 5.73 Å². The van der Waals surface area contributed by atoms with Crippen molar-refractivity contribution < 1.29 is 0 Å². The molecule has 0 saturated heterocycles. The maximum atomic E-state index is 5.38. The Balaban J connectivity index is 2.29. The minimum Gasteiger partial charge on any atom is -0.329 e. The largest absolute Gasteiger partial charge is 0.329 e. The quantitative estimate of drug-likeness (QED) is 0.552. The van der Waals surface area contributed by atoms with E-state index >= 15 is 0 Å². The molecule has 3 heteroatoms. The van der Waals surface area contributed by atoms with E-state index in [0.717, 1.165) is 19.5 Å². The molecule has 0 aromatic heterocycles. The van der Waals surface area contributed by atoms with Crippen molar-refractivity contribution in [2.75, 3.05) is 25.9 Å². The van der Waals surface area contributed by atoms with Crippen LogP contribution in [0.2, 0.25) is 0 Å². The number of nitrogens with two attached hydrogens (primary N) is 1. The van der Waals surface area contributed by atoms with Gasteiger partial charge in [0.1, 0.15) is 0 Å². The van der Waals surface area contributed by atoms with Crippen LogP contribution in [0.3, 0.4) is 0 Å². The van der Waals surface area contributed by atoms with E-state index in [1.807, 2.05) is 0 Å². The van der Waals surface area contributed by atoms with Gasteiger partial charge in [0.15, 0.2) is 0 Å². The first-order chi connectivity index (χ1) is 6.86. The van der Waals surface area contributed by atoms with Crippen molar-refractivity contribution in [2.45, 2.75) is 11.3 Å². The van der Waals surface area contributed by atoms with E-state index in [-0.39, 0.29) is 0 Å². The molecule has 0 bridgehead atoms. The van der Waals surface area contributed by atoms with Gasteiger partial charge in [-0.15, -0.1) is 11.8 Å². The molecule has 0 unspecified atom stereocenters. The van der Waals surface area contributed by atoms with Crippen molar-refractivity contribution in [3.63, 3.8) is 0 Å². The summed E-state index contributed by atoms with van der Waals surface area (Å²) in [5.41, 5.74) is 6.76. The average molecular weight is 210 g/mol. The van der Waals surface area contributed by atoms with E-state index in [2.05, 4.69) is 35.8 Å². The van der Waals surface area contributed by atoms with Gasteiger partial charge in [-0.3, -0.25) is 0 Å². The number of nitrogens with one attached hydrogen (secondary N) is 1. The van der Waals surface area contributed by atoms with Crippen LogP contribution >= 0.6 is 11.8 Å². The minimum absolute atomic E-state index is 0.714. The van der Waals surface area contributed by atoms with Crippen molar-refractivity contribution in [1.82, 2.24) is 5.32 Å². The van der Waals surface area contributed by atoms with Gasteiger partial charge in [-0.05, 0) is 36.9 Å². The van der Waals surface area contributed by atoms with Crippen LogP contribution in [0.1, 0.15) is 5.56 Å². The van der Waals surface area contributed by atoms with Crippen LogP contribution in [0.15, 0.2) is 29.2 Å². The second-order valence-electron chi connectivity index (χ2n) is 3.14. The molecule has 0 aliphatic rings. The maximum absolute atomic E-state index is 5.38. The molecule has 14 heavy (non-hydrogen) atoms. The fourth-order valence-electron chi connectivity index (χ4n) is 1.25. The maximum Gasteiger partial charge on any atom is 0.00746 e. The molecule has 1 aromatic rings. The Bertz CT molecular complexity index is 246. The number of rotatable bonds is 6. The molecule has 1 aromatic carbocycles. The molecular weight excluding hydrogens is 192 g/mol. The molecular formula is C11H18N2S.